The van der Waals surface area contributed by atoms with Gasteiger partial charge in [0.25, 0.3) is 0 Å². The van der Waals surface area contributed by atoms with Gasteiger partial charge in [-0.1, -0.05) is 108 Å². The number of nitrogens with zero attached hydrogens (tertiary/aromatic N) is 1. The van der Waals surface area contributed by atoms with Gasteiger partial charge in [0, 0.05) is 0 Å². The maximum Gasteiger partial charge on any atom is 0.102 e. The molecule has 0 saturated heterocycles. The normalized spacial score (nSPS) is 12.7. The number of nitrogens with one attached hydrogen (secondary N) is 1. The van der Waals surface area contributed by atoms with Crippen molar-refractivity contribution in [1.29, 1.82) is 0 Å². The average molecular weight is 552 g/mol. The second-order valence-corrected chi connectivity index (χ2v) is 8.40. The molecule has 4 aromatic rings. The summed E-state index contributed by atoms with van der Waals surface area (Å²) in [6.45, 7) is 0. The number of benzene rings is 4. The Bertz CT molecular complexity index is 1220. The van der Waals surface area contributed by atoms with Crippen LogP contribution in [0.2, 0.25) is 0 Å². The van der Waals surface area contributed by atoms with Crippen LogP contribution in [0.15, 0.2) is 108 Å². The molecule has 0 saturated carbocycles. The zero-order valence-corrected chi connectivity index (χ0v) is 20.7. The van der Waals surface area contributed by atoms with E-state index in [9.17, 15) is 8.42 Å². The van der Waals surface area contributed by atoms with Crippen molar-refractivity contribution >= 4 is 30.5 Å². The van der Waals surface area contributed by atoms with Crippen LogP contribution in [-0.4, -0.2) is 8.42 Å². The van der Waals surface area contributed by atoms with Crippen LogP contribution in [0.3, 0.4) is 0 Å². The Morgan fingerprint density at radius 3 is 1.84 bits per heavy atom. The van der Waals surface area contributed by atoms with E-state index >= 15 is 0 Å². The van der Waals surface area contributed by atoms with Crippen molar-refractivity contribution < 1.29 is 25.7 Å². The number of halogens is 1. The van der Waals surface area contributed by atoms with Crippen molar-refractivity contribution in [3.8, 4) is 0 Å². The van der Waals surface area contributed by atoms with E-state index in [1.165, 1.54) is 0 Å². The second kappa shape index (κ2) is 12.2. The minimum atomic E-state index is -3.98. The largest absolute Gasteiger partial charge is 0.672 e. The molecule has 2 atom stereocenters. The van der Waals surface area contributed by atoms with Crippen molar-refractivity contribution in [3.63, 3.8) is 0 Å². The van der Waals surface area contributed by atoms with E-state index in [4.69, 9.17) is 5.73 Å². The molecule has 0 amide bonds. The van der Waals surface area contributed by atoms with Gasteiger partial charge in [-0.05, 0) is 16.8 Å². The molecule has 0 aliphatic heterocycles. The number of fused-ring (bicyclic) bond motifs is 1. The second-order valence-electron chi connectivity index (χ2n) is 6.80. The average Bonchev–Trinajstić information content (AvgIpc) is 2.84. The summed E-state index contributed by atoms with van der Waals surface area (Å²) in [4.78, 5) is 0.164. The van der Waals surface area contributed by atoms with E-state index in [1.807, 2.05) is 102 Å². The van der Waals surface area contributed by atoms with Crippen LogP contribution in [0.1, 0.15) is 23.2 Å². The molecule has 0 aromatic heterocycles. The smallest absolute Gasteiger partial charge is 0.102 e. The predicted molar refractivity (Wildman–Crippen MR) is 129 cm³/mol. The van der Waals surface area contributed by atoms with Crippen molar-refractivity contribution in [2.24, 2.45) is 0 Å². The zero-order valence-electron chi connectivity index (χ0n) is 17.4. The molecule has 0 spiro atoms. The molecule has 0 fully saturated rings. The van der Waals surface area contributed by atoms with Crippen molar-refractivity contribution in [2.45, 2.75) is 17.0 Å². The molecule has 4 rings (SSSR count). The van der Waals surface area contributed by atoms with Gasteiger partial charge < -0.3 is 17.9 Å². The van der Waals surface area contributed by atoms with E-state index in [2.05, 4.69) is 14.4 Å². The third-order valence-corrected chi connectivity index (χ3v) is 6.31. The van der Waals surface area contributed by atoms with Gasteiger partial charge in [-0.25, -0.2) is 8.42 Å². The fraction of sp³-hybridized carbons (Fsp3) is 0.0800. The van der Waals surface area contributed by atoms with Gasteiger partial charge in [0.15, 0.2) is 0 Å². The number of sulfonamides is 1. The Hall–Kier alpha value is -2.08. The summed E-state index contributed by atoms with van der Waals surface area (Å²) in [6, 6.07) is 29.2. The summed E-state index contributed by atoms with van der Waals surface area (Å²) < 4.78 is 30.9. The van der Waals surface area contributed by atoms with Gasteiger partial charge >= 0.3 is 27.0 Å². The van der Waals surface area contributed by atoms with Crippen molar-refractivity contribution in [1.82, 2.24) is 0 Å². The van der Waals surface area contributed by atoms with E-state index in [1.54, 1.807) is 18.2 Å². The monoisotopic (exact) mass is 552 g/mol. The molecule has 0 radical (unpaired) electrons. The van der Waals surface area contributed by atoms with Crippen molar-refractivity contribution in [3.05, 3.63) is 132 Å². The molecular formula is C25H23ClN2O2RuS. The minimum absolute atomic E-state index is 0. The Kier molecular flexibility index (Phi) is 10.0. The zero-order chi connectivity index (χ0) is 22.3. The van der Waals surface area contributed by atoms with Crippen LogP contribution in [0, 0.1) is 7.43 Å². The Morgan fingerprint density at radius 1 is 0.719 bits per heavy atom. The predicted octanol–water partition coefficient (Wildman–Crippen LogP) is 7.57. The van der Waals surface area contributed by atoms with Crippen LogP contribution < -0.4 is 0 Å². The first-order valence-corrected chi connectivity index (χ1v) is 13.1. The van der Waals surface area contributed by atoms with Crippen LogP contribution >= 0.6 is 9.69 Å². The molecule has 0 aliphatic rings. The molecular weight excluding hydrogens is 529 g/mol. The van der Waals surface area contributed by atoms with Crippen LogP contribution in [0.4, 0.5) is 0 Å². The molecule has 4 aromatic carbocycles. The summed E-state index contributed by atoms with van der Waals surface area (Å²) in [5, 5.41) is 1.47. The van der Waals surface area contributed by atoms with Crippen LogP contribution in [0.5, 0.6) is 0 Å². The maximum atomic E-state index is 13.3. The number of hydrogen-bond acceptors (Lipinski definition) is 2. The topological polar surface area (TPSA) is 72.0 Å². The molecule has 1 N–H and O–H groups in total. The molecule has 166 valence electrons. The Labute approximate surface area is 204 Å². The summed E-state index contributed by atoms with van der Waals surface area (Å²) in [7, 11) is 0.587. The van der Waals surface area contributed by atoms with Gasteiger partial charge in [0.05, 0.1) is 4.90 Å². The summed E-state index contributed by atoms with van der Waals surface area (Å²) in [5.41, 5.74) is 10.2. The first-order valence-electron chi connectivity index (χ1n) is 9.45. The number of hydrogen-bond donors (Lipinski definition) is 0. The van der Waals surface area contributed by atoms with Gasteiger partial charge in [0.2, 0.25) is 0 Å². The first-order chi connectivity index (χ1) is 15.1. The van der Waals surface area contributed by atoms with E-state index in [0.29, 0.717) is 10.9 Å². The molecule has 0 aliphatic carbocycles. The van der Waals surface area contributed by atoms with Gasteiger partial charge in [-0.3, -0.25) is 0 Å². The number of rotatable bonds is 6. The standard InChI is InChI=1S/C24H20N2O2S.CH3.ClH.Ru/c25-23(19-11-3-1-4-12-19)24(20-13-5-2-6-14-20)26-29(27,28)22-17-9-15-18-10-7-8-16-21(18)22;;;/h1-17,23-25H;1H3;1H;/q-2;-1;;+4/p-1/t23-,24-;;;/m1.../s1. The maximum absolute atomic E-state index is 13.3. The summed E-state index contributed by atoms with van der Waals surface area (Å²) >= 11 is 1.82. The van der Waals surface area contributed by atoms with Gasteiger partial charge in [0.1, 0.15) is 10.0 Å². The minimum Gasteiger partial charge on any atom is -0.672 e. The molecule has 0 bridgehead atoms. The molecule has 0 unspecified atom stereocenters. The van der Waals surface area contributed by atoms with Crippen molar-refractivity contribution in [2.75, 3.05) is 0 Å². The third-order valence-electron chi connectivity index (χ3n) is 4.90. The Morgan fingerprint density at radius 2 is 1.22 bits per heavy atom. The fourth-order valence-electron chi connectivity index (χ4n) is 3.43. The van der Waals surface area contributed by atoms with Crippen LogP contribution in [-0.2, 0) is 27.3 Å². The summed E-state index contributed by atoms with van der Waals surface area (Å²) in [6.07, 6.45) is 0. The van der Waals surface area contributed by atoms with E-state index < -0.39 is 22.1 Å². The van der Waals surface area contributed by atoms with E-state index in [0.717, 1.165) is 10.9 Å². The van der Waals surface area contributed by atoms with E-state index in [-0.39, 0.29) is 12.3 Å². The molecule has 4 nitrogen and oxygen atoms in total. The quantitative estimate of drug-likeness (QED) is 0.183. The molecule has 32 heavy (non-hydrogen) atoms. The van der Waals surface area contributed by atoms with Gasteiger partial charge in [-0.15, -0.1) is 12.1 Å². The third kappa shape index (κ3) is 6.03. The van der Waals surface area contributed by atoms with Crippen LogP contribution in [0.25, 0.3) is 21.2 Å². The summed E-state index contributed by atoms with van der Waals surface area (Å²) in [5.74, 6) is 0. The fourth-order valence-corrected chi connectivity index (χ4v) is 4.80. The molecule has 0 heterocycles. The van der Waals surface area contributed by atoms with Gasteiger partial charge in [-0.2, -0.15) is 0 Å². The Balaban J connectivity index is 0.00000118. The molecule has 7 heteroatoms. The SMILES string of the molecule is [CH3-].[Cl][Ru+3].[NH-][C@H](c1ccccc1)[C@H]([N-]S(=O)(=O)c1cccc2ccccc12)c1ccccc1. The first kappa shape index (κ1) is 26.2.